The van der Waals surface area contributed by atoms with Gasteiger partial charge in [-0.3, -0.25) is 0 Å². The third-order valence-corrected chi connectivity index (χ3v) is 5.22. The molecular formula is C24H35NO. The van der Waals surface area contributed by atoms with Gasteiger partial charge in [-0.15, -0.1) is 0 Å². The van der Waals surface area contributed by atoms with Gasteiger partial charge >= 0.3 is 0 Å². The maximum atomic E-state index is 10.2. The van der Waals surface area contributed by atoms with Crippen LogP contribution in [-0.2, 0) is 11.8 Å². The number of nitrogens with zero attached hydrogens (tertiary/aromatic N) is 1. The summed E-state index contributed by atoms with van der Waals surface area (Å²) < 4.78 is 0. The van der Waals surface area contributed by atoms with E-state index in [0.717, 1.165) is 18.5 Å². The zero-order chi connectivity index (χ0) is 19.5. The predicted molar refractivity (Wildman–Crippen MR) is 114 cm³/mol. The standard InChI is InChI=1S/C24H35NO/c1-8-9-12-25(7)20-13-17(2)21(18(3)14-20)15-19-10-11-23(26)22(16-19)24(4,5)6/h10-11,13-14,16,26H,8-9,12,15H2,1-7H3. The number of phenolic OH excluding ortho intramolecular Hbond substituents is 1. The fourth-order valence-electron chi connectivity index (χ4n) is 3.49. The second-order valence-electron chi connectivity index (χ2n) is 8.61. The smallest absolute Gasteiger partial charge is 0.119 e. The van der Waals surface area contributed by atoms with Crippen LogP contribution in [0.5, 0.6) is 5.75 Å². The van der Waals surface area contributed by atoms with E-state index in [2.05, 4.69) is 71.7 Å². The SMILES string of the molecule is CCCCN(C)c1cc(C)c(Cc2ccc(O)c(C(C)(C)C)c2)c(C)c1. The van der Waals surface area contributed by atoms with E-state index in [1.807, 2.05) is 12.1 Å². The van der Waals surface area contributed by atoms with Gasteiger partial charge in [0.05, 0.1) is 0 Å². The van der Waals surface area contributed by atoms with Gasteiger partial charge in [-0.05, 0) is 78.1 Å². The van der Waals surface area contributed by atoms with Gasteiger partial charge in [-0.25, -0.2) is 0 Å². The van der Waals surface area contributed by atoms with Crippen LogP contribution < -0.4 is 4.90 Å². The second kappa shape index (κ2) is 8.16. The summed E-state index contributed by atoms with van der Waals surface area (Å²) >= 11 is 0. The molecule has 0 saturated heterocycles. The molecule has 0 bridgehead atoms. The second-order valence-corrected chi connectivity index (χ2v) is 8.61. The lowest BCUT2D eigenvalue weighted by atomic mass is 9.84. The summed E-state index contributed by atoms with van der Waals surface area (Å²) in [5.74, 6) is 0.391. The number of aromatic hydroxyl groups is 1. The first-order valence-corrected chi connectivity index (χ1v) is 9.77. The third-order valence-electron chi connectivity index (χ3n) is 5.22. The monoisotopic (exact) mass is 353 g/mol. The zero-order valence-electron chi connectivity index (χ0n) is 17.6. The molecule has 142 valence electrons. The van der Waals surface area contributed by atoms with Crippen molar-refractivity contribution in [3.63, 3.8) is 0 Å². The Morgan fingerprint density at radius 3 is 2.15 bits per heavy atom. The summed E-state index contributed by atoms with van der Waals surface area (Å²) in [6.07, 6.45) is 3.34. The highest BCUT2D eigenvalue weighted by atomic mass is 16.3. The first-order valence-electron chi connectivity index (χ1n) is 9.77. The van der Waals surface area contributed by atoms with Crippen LogP contribution >= 0.6 is 0 Å². The minimum atomic E-state index is -0.0595. The number of aryl methyl sites for hydroxylation is 2. The fourth-order valence-corrected chi connectivity index (χ4v) is 3.49. The summed E-state index contributed by atoms with van der Waals surface area (Å²) in [7, 11) is 2.18. The Labute approximate surface area is 159 Å². The van der Waals surface area contributed by atoms with Crippen LogP contribution in [0.4, 0.5) is 5.69 Å². The maximum absolute atomic E-state index is 10.2. The van der Waals surface area contributed by atoms with Crippen molar-refractivity contribution in [3.05, 3.63) is 58.1 Å². The lowest BCUT2D eigenvalue weighted by Crippen LogP contribution is -2.18. The Hall–Kier alpha value is -1.96. The first kappa shape index (κ1) is 20.4. The Morgan fingerprint density at radius 2 is 1.62 bits per heavy atom. The average molecular weight is 354 g/mol. The van der Waals surface area contributed by atoms with Crippen LogP contribution in [-0.4, -0.2) is 18.7 Å². The maximum Gasteiger partial charge on any atom is 0.119 e. The highest BCUT2D eigenvalue weighted by Gasteiger charge is 2.19. The molecular weight excluding hydrogens is 318 g/mol. The normalized spacial score (nSPS) is 11.7. The van der Waals surface area contributed by atoms with Gasteiger partial charge in [-0.2, -0.15) is 0 Å². The highest BCUT2D eigenvalue weighted by Crippen LogP contribution is 2.32. The van der Waals surface area contributed by atoms with Crippen molar-refractivity contribution in [2.75, 3.05) is 18.5 Å². The zero-order valence-corrected chi connectivity index (χ0v) is 17.6. The number of benzene rings is 2. The van der Waals surface area contributed by atoms with E-state index in [1.165, 1.54) is 40.8 Å². The van der Waals surface area contributed by atoms with E-state index in [9.17, 15) is 5.11 Å². The van der Waals surface area contributed by atoms with E-state index in [0.29, 0.717) is 5.75 Å². The molecule has 1 N–H and O–H groups in total. The minimum Gasteiger partial charge on any atom is -0.508 e. The van der Waals surface area contributed by atoms with Gasteiger partial charge in [-0.1, -0.05) is 46.2 Å². The van der Waals surface area contributed by atoms with Crippen molar-refractivity contribution in [1.82, 2.24) is 0 Å². The molecule has 0 heterocycles. The molecule has 0 fully saturated rings. The number of phenols is 1. The van der Waals surface area contributed by atoms with Crippen LogP contribution in [0.2, 0.25) is 0 Å². The Kier molecular flexibility index (Phi) is 6.39. The number of rotatable bonds is 6. The Bertz CT molecular complexity index is 732. The van der Waals surface area contributed by atoms with Gasteiger partial charge in [0.2, 0.25) is 0 Å². The van der Waals surface area contributed by atoms with Gasteiger partial charge in [0, 0.05) is 19.3 Å². The molecule has 2 rings (SSSR count). The number of hydrogen-bond donors (Lipinski definition) is 1. The predicted octanol–water partition coefficient (Wildman–Crippen LogP) is 6.13. The van der Waals surface area contributed by atoms with Crippen LogP contribution in [0, 0.1) is 13.8 Å². The van der Waals surface area contributed by atoms with Gasteiger partial charge in [0.15, 0.2) is 0 Å². The van der Waals surface area contributed by atoms with Crippen molar-refractivity contribution in [2.45, 2.75) is 66.2 Å². The molecule has 0 aliphatic heterocycles. The third kappa shape index (κ3) is 4.81. The van der Waals surface area contributed by atoms with Crippen molar-refractivity contribution in [2.24, 2.45) is 0 Å². The van der Waals surface area contributed by atoms with Gasteiger partial charge in [0.1, 0.15) is 5.75 Å². The van der Waals surface area contributed by atoms with Crippen LogP contribution in [0.15, 0.2) is 30.3 Å². The number of hydrogen-bond acceptors (Lipinski definition) is 2. The lowest BCUT2D eigenvalue weighted by molar-refractivity contribution is 0.446. The lowest BCUT2D eigenvalue weighted by Gasteiger charge is -2.23. The molecule has 0 saturated carbocycles. The molecule has 2 heteroatoms. The molecule has 0 atom stereocenters. The minimum absolute atomic E-state index is 0.0595. The Morgan fingerprint density at radius 1 is 1.00 bits per heavy atom. The fraction of sp³-hybridized carbons (Fsp3) is 0.500. The van der Waals surface area contributed by atoms with Crippen LogP contribution in [0.25, 0.3) is 0 Å². The summed E-state index contributed by atoms with van der Waals surface area (Å²) in [6.45, 7) is 14.2. The van der Waals surface area contributed by atoms with Gasteiger partial charge < -0.3 is 10.0 Å². The van der Waals surface area contributed by atoms with E-state index >= 15 is 0 Å². The molecule has 2 aromatic rings. The van der Waals surface area contributed by atoms with Crippen LogP contribution in [0.3, 0.4) is 0 Å². The molecule has 2 nitrogen and oxygen atoms in total. The number of unbranched alkanes of at least 4 members (excludes halogenated alkanes) is 1. The molecule has 0 unspecified atom stereocenters. The Balaban J connectivity index is 2.30. The van der Waals surface area contributed by atoms with Crippen molar-refractivity contribution >= 4 is 5.69 Å². The first-order chi connectivity index (χ1) is 12.1. The molecule has 0 aromatic heterocycles. The summed E-state index contributed by atoms with van der Waals surface area (Å²) in [6, 6.07) is 10.7. The highest BCUT2D eigenvalue weighted by molar-refractivity contribution is 5.55. The van der Waals surface area contributed by atoms with E-state index in [-0.39, 0.29) is 5.41 Å². The average Bonchev–Trinajstić information content (AvgIpc) is 2.56. The molecule has 0 amide bonds. The molecule has 26 heavy (non-hydrogen) atoms. The molecule has 0 aliphatic rings. The van der Waals surface area contributed by atoms with Gasteiger partial charge in [0.25, 0.3) is 0 Å². The van der Waals surface area contributed by atoms with E-state index in [1.54, 1.807) is 0 Å². The van der Waals surface area contributed by atoms with Crippen molar-refractivity contribution in [3.8, 4) is 5.75 Å². The summed E-state index contributed by atoms with van der Waals surface area (Å²) in [5.41, 5.74) is 7.59. The number of anilines is 1. The molecule has 2 aromatic carbocycles. The largest absolute Gasteiger partial charge is 0.508 e. The van der Waals surface area contributed by atoms with Crippen molar-refractivity contribution in [1.29, 1.82) is 0 Å². The quantitative estimate of drug-likeness (QED) is 0.675. The summed E-state index contributed by atoms with van der Waals surface area (Å²) in [5, 5.41) is 10.2. The van der Waals surface area contributed by atoms with Crippen molar-refractivity contribution < 1.29 is 5.11 Å². The van der Waals surface area contributed by atoms with Crippen LogP contribution in [0.1, 0.15) is 68.4 Å². The molecule has 0 spiro atoms. The van der Waals surface area contributed by atoms with E-state index in [4.69, 9.17) is 0 Å². The van der Waals surface area contributed by atoms with E-state index < -0.39 is 0 Å². The molecule has 0 aliphatic carbocycles. The topological polar surface area (TPSA) is 23.5 Å². The summed E-state index contributed by atoms with van der Waals surface area (Å²) in [4.78, 5) is 2.35. The molecule has 0 radical (unpaired) electrons.